The van der Waals surface area contributed by atoms with Crippen molar-refractivity contribution in [3.63, 3.8) is 0 Å². The number of para-hydroxylation sites is 2. The molecular formula is C30H26N2S. The Bertz CT molecular complexity index is 1620. The van der Waals surface area contributed by atoms with E-state index in [1.54, 1.807) is 11.3 Å². The van der Waals surface area contributed by atoms with Crippen LogP contribution in [0.25, 0.3) is 49.0 Å². The number of benzene rings is 4. The van der Waals surface area contributed by atoms with Gasteiger partial charge in [-0.05, 0) is 53.1 Å². The highest BCUT2D eigenvalue weighted by Gasteiger charge is 2.19. The van der Waals surface area contributed by atoms with Gasteiger partial charge in [-0.1, -0.05) is 75.4 Å². The summed E-state index contributed by atoms with van der Waals surface area (Å²) in [6.45, 7) is 6.89. The summed E-state index contributed by atoms with van der Waals surface area (Å²) in [5, 5.41) is 6.03. The molecule has 0 saturated carbocycles. The van der Waals surface area contributed by atoms with Gasteiger partial charge in [0.15, 0.2) is 0 Å². The summed E-state index contributed by atoms with van der Waals surface area (Å²) < 4.78 is 3.65. The van der Waals surface area contributed by atoms with E-state index in [4.69, 9.17) is 4.98 Å². The minimum atomic E-state index is 0.250. The third kappa shape index (κ3) is 3.53. The fraction of sp³-hybridized carbons (Fsp3) is 0.167. The summed E-state index contributed by atoms with van der Waals surface area (Å²) in [6, 6.07) is 30.5. The third-order valence-electron chi connectivity index (χ3n) is 6.18. The SMILES string of the molecule is CC(C)(C)Cc1ccc2scc(-c3nc4ccccc4n3-c3cccc4ccccc34)c2c1. The van der Waals surface area contributed by atoms with Crippen molar-refractivity contribution in [1.29, 1.82) is 0 Å². The number of fused-ring (bicyclic) bond motifs is 3. The van der Waals surface area contributed by atoms with Gasteiger partial charge >= 0.3 is 0 Å². The molecule has 0 radical (unpaired) electrons. The topological polar surface area (TPSA) is 17.8 Å². The van der Waals surface area contributed by atoms with Crippen molar-refractivity contribution in [3.8, 4) is 17.1 Å². The van der Waals surface area contributed by atoms with E-state index in [-0.39, 0.29) is 5.41 Å². The van der Waals surface area contributed by atoms with Gasteiger partial charge in [0.2, 0.25) is 0 Å². The molecular weight excluding hydrogens is 420 g/mol. The Labute approximate surface area is 198 Å². The Balaban J connectivity index is 1.65. The number of imidazole rings is 1. The molecule has 0 spiro atoms. The molecule has 0 unspecified atom stereocenters. The summed E-state index contributed by atoms with van der Waals surface area (Å²) in [7, 11) is 0. The fourth-order valence-electron chi connectivity index (χ4n) is 4.83. The van der Waals surface area contributed by atoms with Crippen LogP contribution in [0.3, 0.4) is 0 Å². The van der Waals surface area contributed by atoms with Crippen LogP contribution < -0.4 is 0 Å². The normalized spacial score (nSPS) is 12.2. The van der Waals surface area contributed by atoms with E-state index in [0.29, 0.717) is 0 Å². The lowest BCUT2D eigenvalue weighted by Crippen LogP contribution is -2.08. The maximum absolute atomic E-state index is 5.16. The third-order valence-corrected chi connectivity index (χ3v) is 7.15. The predicted molar refractivity (Wildman–Crippen MR) is 143 cm³/mol. The highest BCUT2D eigenvalue weighted by molar-refractivity contribution is 7.17. The maximum Gasteiger partial charge on any atom is 0.147 e. The van der Waals surface area contributed by atoms with Gasteiger partial charge < -0.3 is 0 Å². The molecule has 162 valence electrons. The van der Waals surface area contributed by atoms with Gasteiger partial charge in [-0.3, -0.25) is 4.57 Å². The van der Waals surface area contributed by atoms with E-state index in [1.165, 1.54) is 37.7 Å². The van der Waals surface area contributed by atoms with Crippen molar-refractivity contribution in [2.45, 2.75) is 27.2 Å². The number of rotatable bonds is 3. The first-order valence-corrected chi connectivity index (χ1v) is 12.3. The molecule has 0 atom stereocenters. The van der Waals surface area contributed by atoms with Crippen LogP contribution in [0.1, 0.15) is 26.3 Å². The molecule has 6 aromatic rings. The first kappa shape index (κ1) is 20.2. The number of nitrogens with zero attached hydrogens (tertiary/aromatic N) is 2. The first-order chi connectivity index (χ1) is 16.0. The van der Waals surface area contributed by atoms with Gasteiger partial charge in [0, 0.05) is 26.4 Å². The predicted octanol–water partition coefficient (Wildman–Crippen LogP) is 8.65. The second kappa shape index (κ2) is 7.57. The molecule has 6 rings (SSSR count). The standard InChI is InChI=1S/C30H26N2S/c1-30(2,3)18-20-15-16-28-23(17-20)24(19-33-28)29-31-25-12-6-7-13-27(25)32(29)26-14-8-10-21-9-4-5-11-22(21)26/h4-17,19H,18H2,1-3H3. The van der Waals surface area contributed by atoms with Gasteiger partial charge in [0.25, 0.3) is 0 Å². The Morgan fingerprint density at radius 2 is 1.61 bits per heavy atom. The molecule has 33 heavy (non-hydrogen) atoms. The Morgan fingerprint density at radius 3 is 2.48 bits per heavy atom. The second-order valence-electron chi connectivity index (χ2n) is 9.98. The first-order valence-electron chi connectivity index (χ1n) is 11.4. The zero-order valence-electron chi connectivity index (χ0n) is 19.2. The van der Waals surface area contributed by atoms with Gasteiger partial charge in [0.1, 0.15) is 5.82 Å². The molecule has 0 aliphatic carbocycles. The number of aromatic nitrogens is 2. The largest absolute Gasteiger partial charge is 0.292 e. The molecule has 4 aromatic carbocycles. The minimum absolute atomic E-state index is 0.250. The van der Waals surface area contributed by atoms with Crippen LogP contribution >= 0.6 is 11.3 Å². The van der Waals surface area contributed by atoms with Crippen LogP contribution in [0.2, 0.25) is 0 Å². The van der Waals surface area contributed by atoms with Gasteiger partial charge in [-0.25, -0.2) is 4.98 Å². The van der Waals surface area contributed by atoms with Crippen molar-refractivity contribution < 1.29 is 0 Å². The number of hydrogen-bond acceptors (Lipinski definition) is 2. The van der Waals surface area contributed by atoms with Crippen LogP contribution in [0.4, 0.5) is 0 Å². The molecule has 0 aliphatic rings. The molecule has 0 aliphatic heterocycles. The van der Waals surface area contributed by atoms with E-state index in [2.05, 4.69) is 116 Å². The summed E-state index contributed by atoms with van der Waals surface area (Å²) in [5.41, 5.74) is 6.15. The van der Waals surface area contributed by atoms with Crippen LogP contribution in [0.5, 0.6) is 0 Å². The zero-order chi connectivity index (χ0) is 22.6. The fourth-order valence-corrected chi connectivity index (χ4v) is 5.75. The van der Waals surface area contributed by atoms with E-state index in [9.17, 15) is 0 Å². The Kier molecular flexibility index (Phi) is 4.63. The minimum Gasteiger partial charge on any atom is -0.292 e. The Hall–Kier alpha value is -3.43. The van der Waals surface area contributed by atoms with E-state index < -0.39 is 0 Å². The molecule has 0 fully saturated rings. The molecule has 0 N–H and O–H groups in total. The highest BCUT2D eigenvalue weighted by Crippen LogP contribution is 2.39. The smallest absolute Gasteiger partial charge is 0.147 e. The average Bonchev–Trinajstić information content (AvgIpc) is 3.38. The Morgan fingerprint density at radius 1 is 0.818 bits per heavy atom. The molecule has 0 bridgehead atoms. The van der Waals surface area contributed by atoms with Crippen LogP contribution in [0, 0.1) is 5.41 Å². The van der Waals surface area contributed by atoms with Gasteiger partial charge in [-0.15, -0.1) is 11.3 Å². The molecule has 2 nitrogen and oxygen atoms in total. The van der Waals surface area contributed by atoms with Crippen molar-refractivity contribution in [3.05, 3.63) is 95.9 Å². The van der Waals surface area contributed by atoms with Crippen molar-refractivity contribution in [2.24, 2.45) is 5.41 Å². The highest BCUT2D eigenvalue weighted by atomic mass is 32.1. The lowest BCUT2D eigenvalue weighted by molar-refractivity contribution is 0.411. The summed E-state index contributed by atoms with van der Waals surface area (Å²) in [5.74, 6) is 1.01. The van der Waals surface area contributed by atoms with Crippen LogP contribution in [0.15, 0.2) is 90.3 Å². The molecule has 3 heteroatoms. The summed E-state index contributed by atoms with van der Waals surface area (Å²) in [6.07, 6.45) is 1.05. The van der Waals surface area contributed by atoms with Crippen LogP contribution in [-0.4, -0.2) is 9.55 Å². The lowest BCUT2D eigenvalue weighted by Gasteiger charge is -2.18. The monoisotopic (exact) mass is 446 g/mol. The molecule has 2 aromatic heterocycles. The van der Waals surface area contributed by atoms with Gasteiger partial charge in [0.05, 0.1) is 16.7 Å². The van der Waals surface area contributed by atoms with E-state index >= 15 is 0 Å². The molecule has 2 heterocycles. The van der Waals surface area contributed by atoms with Crippen molar-refractivity contribution in [1.82, 2.24) is 9.55 Å². The summed E-state index contributed by atoms with van der Waals surface area (Å²) in [4.78, 5) is 5.16. The number of hydrogen-bond donors (Lipinski definition) is 0. The molecule has 0 saturated heterocycles. The summed E-state index contributed by atoms with van der Waals surface area (Å²) >= 11 is 1.80. The maximum atomic E-state index is 5.16. The second-order valence-corrected chi connectivity index (χ2v) is 10.9. The zero-order valence-corrected chi connectivity index (χ0v) is 20.0. The van der Waals surface area contributed by atoms with Crippen LogP contribution in [-0.2, 0) is 6.42 Å². The van der Waals surface area contributed by atoms with E-state index in [0.717, 1.165) is 23.3 Å². The average molecular weight is 447 g/mol. The molecule has 0 amide bonds. The number of thiophene rings is 1. The van der Waals surface area contributed by atoms with E-state index in [1.807, 2.05) is 0 Å². The quantitative estimate of drug-likeness (QED) is 0.266. The lowest BCUT2D eigenvalue weighted by atomic mass is 9.88. The van der Waals surface area contributed by atoms with Crippen molar-refractivity contribution in [2.75, 3.05) is 0 Å². The van der Waals surface area contributed by atoms with Crippen molar-refractivity contribution >= 4 is 43.2 Å². The van der Waals surface area contributed by atoms with Gasteiger partial charge in [-0.2, -0.15) is 0 Å².